The fraction of sp³-hybridized carbons (Fsp3) is 0.700. The number of carbonyl (C=O) groups excluding carboxylic acids is 1. The van der Waals surface area contributed by atoms with E-state index in [2.05, 4.69) is 15.5 Å². The maximum absolute atomic E-state index is 10.7. The maximum Gasteiger partial charge on any atom is 0.216 e. The van der Waals surface area contributed by atoms with Crippen LogP contribution in [0, 0.1) is 0 Å². The number of nitrogens with zero attached hydrogens (tertiary/aromatic N) is 1. The van der Waals surface area contributed by atoms with Gasteiger partial charge in [-0.1, -0.05) is 0 Å². The molecule has 0 saturated carbocycles. The van der Waals surface area contributed by atoms with Gasteiger partial charge in [0.2, 0.25) is 5.91 Å². The quantitative estimate of drug-likeness (QED) is 0.588. The van der Waals surface area contributed by atoms with Crippen molar-refractivity contribution in [2.24, 2.45) is 0 Å². The zero-order chi connectivity index (χ0) is 9.97. The Morgan fingerprint density at radius 2 is 2.07 bits per heavy atom. The molecule has 0 saturated heterocycles. The van der Waals surface area contributed by atoms with E-state index in [1.807, 2.05) is 0 Å². The first-order valence-electron chi connectivity index (χ1n) is 5.13. The molecular formula is C10H17N3O. The summed E-state index contributed by atoms with van der Waals surface area (Å²) in [6.45, 7) is 7.59. The molecule has 0 aromatic carbocycles. The number of amides is 1. The lowest BCUT2D eigenvalue weighted by atomic mass is 10.2. The van der Waals surface area contributed by atoms with E-state index in [9.17, 15) is 4.79 Å². The van der Waals surface area contributed by atoms with Crippen LogP contribution in [0.25, 0.3) is 0 Å². The summed E-state index contributed by atoms with van der Waals surface area (Å²) >= 11 is 0. The lowest BCUT2D eigenvalue weighted by molar-refractivity contribution is -0.119. The van der Waals surface area contributed by atoms with Crippen LogP contribution in [0.15, 0.2) is 11.1 Å². The first-order chi connectivity index (χ1) is 6.75. The molecule has 2 aliphatic heterocycles. The summed E-state index contributed by atoms with van der Waals surface area (Å²) in [7, 11) is 0. The number of rotatable bonds is 3. The summed E-state index contributed by atoms with van der Waals surface area (Å²) in [4.78, 5) is 13.1. The standard InChI is InChI=1S/C10H17N3O/c1-8(14)12-2-3-13-6-9-4-11-5-10(9)7-13/h11H,2-7H2,1H3,(H,12,14). The molecule has 4 heteroatoms. The van der Waals surface area contributed by atoms with Gasteiger partial charge in [-0.2, -0.15) is 0 Å². The molecule has 0 aliphatic carbocycles. The third-order valence-corrected chi connectivity index (χ3v) is 2.81. The highest BCUT2D eigenvalue weighted by Gasteiger charge is 2.24. The Morgan fingerprint density at radius 3 is 2.64 bits per heavy atom. The van der Waals surface area contributed by atoms with E-state index < -0.39 is 0 Å². The van der Waals surface area contributed by atoms with Crippen LogP contribution in [-0.2, 0) is 4.79 Å². The molecule has 2 heterocycles. The molecule has 2 rings (SSSR count). The summed E-state index contributed by atoms with van der Waals surface area (Å²) in [6, 6.07) is 0. The molecule has 0 unspecified atom stereocenters. The molecule has 0 aromatic heterocycles. The Bertz CT molecular complexity index is 257. The van der Waals surface area contributed by atoms with Gasteiger partial charge in [-0.05, 0) is 11.1 Å². The van der Waals surface area contributed by atoms with E-state index in [1.165, 1.54) is 0 Å². The molecule has 0 atom stereocenters. The first-order valence-corrected chi connectivity index (χ1v) is 5.13. The van der Waals surface area contributed by atoms with Crippen molar-refractivity contribution in [3.05, 3.63) is 11.1 Å². The monoisotopic (exact) mass is 195 g/mol. The normalized spacial score (nSPS) is 21.5. The van der Waals surface area contributed by atoms with Crippen molar-refractivity contribution in [1.29, 1.82) is 0 Å². The van der Waals surface area contributed by atoms with E-state index in [1.54, 1.807) is 18.1 Å². The van der Waals surface area contributed by atoms with Crippen LogP contribution in [0.3, 0.4) is 0 Å². The second-order valence-electron chi connectivity index (χ2n) is 4.00. The zero-order valence-corrected chi connectivity index (χ0v) is 8.60. The van der Waals surface area contributed by atoms with Crippen molar-refractivity contribution in [1.82, 2.24) is 15.5 Å². The third-order valence-electron chi connectivity index (χ3n) is 2.81. The second kappa shape index (κ2) is 4.11. The SMILES string of the molecule is CC(=O)NCCN1CC2=C(CNC2)C1. The highest BCUT2D eigenvalue weighted by molar-refractivity contribution is 5.72. The van der Waals surface area contributed by atoms with Crippen molar-refractivity contribution < 1.29 is 4.79 Å². The van der Waals surface area contributed by atoms with E-state index in [4.69, 9.17) is 0 Å². The smallest absolute Gasteiger partial charge is 0.216 e. The lowest BCUT2D eigenvalue weighted by Gasteiger charge is -2.17. The molecule has 1 amide bonds. The Kier molecular flexibility index (Phi) is 2.84. The Balaban J connectivity index is 1.69. The van der Waals surface area contributed by atoms with Crippen molar-refractivity contribution in [3.63, 3.8) is 0 Å². The van der Waals surface area contributed by atoms with E-state index in [-0.39, 0.29) is 5.91 Å². The lowest BCUT2D eigenvalue weighted by Crippen LogP contribution is -2.34. The molecule has 0 spiro atoms. The Hall–Kier alpha value is -0.870. The number of carbonyl (C=O) groups is 1. The van der Waals surface area contributed by atoms with Crippen LogP contribution in [0.5, 0.6) is 0 Å². The second-order valence-corrected chi connectivity index (χ2v) is 4.00. The topological polar surface area (TPSA) is 44.4 Å². The molecule has 0 bridgehead atoms. The molecular weight excluding hydrogens is 178 g/mol. The minimum atomic E-state index is 0.0614. The summed E-state index contributed by atoms with van der Waals surface area (Å²) in [5, 5.41) is 6.17. The van der Waals surface area contributed by atoms with Crippen LogP contribution in [-0.4, -0.2) is 50.1 Å². The van der Waals surface area contributed by atoms with Gasteiger partial charge >= 0.3 is 0 Å². The van der Waals surface area contributed by atoms with E-state index >= 15 is 0 Å². The molecule has 0 aromatic rings. The van der Waals surface area contributed by atoms with Crippen LogP contribution in [0.4, 0.5) is 0 Å². The highest BCUT2D eigenvalue weighted by Crippen LogP contribution is 2.19. The molecule has 0 fully saturated rings. The van der Waals surface area contributed by atoms with Crippen LogP contribution >= 0.6 is 0 Å². The van der Waals surface area contributed by atoms with Gasteiger partial charge in [0.15, 0.2) is 0 Å². The van der Waals surface area contributed by atoms with Gasteiger partial charge in [0.05, 0.1) is 0 Å². The largest absolute Gasteiger partial charge is 0.355 e. The fourth-order valence-corrected chi connectivity index (χ4v) is 2.09. The van der Waals surface area contributed by atoms with Crippen LogP contribution < -0.4 is 10.6 Å². The van der Waals surface area contributed by atoms with E-state index in [0.717, 1.165) is 39.3 Å². The predicted octanol–water partition coefficient (Wildman–Crippen LogP) is -0.662. The summed E-state index contributed by atoms with van der Waals surface area (Å²) in [5.41, 5.74) is 3.13. The molecule has 78 valence electrons. The minimum absolute atomic E-state index is 0.0614. The van der Waals surface area contributed by atoms with Crippen molar-refractivity contribution in [3.8, 4) is 0 Å². The first kappa shape index (κ1) is 9.68. The van der Waals surface area contributed by atoms with Gasteiger partial charge in [-0.25, -0.2) is 0 Å². The van der Waals surface area contributed by atoms with Gasteiger partial charge < -0.3 is 10.6 Å². The summed E-state index contributed by atoms with van der Waals surface area (Å²) in [5.74, 6) is 0.0614. The van der Waals surface area contributed by atoms with Crippen molar-refractivity contribution >= 4 is 5.91 Å². The Labute approximate surface area is 84.3 Å². The van der Waals surface area contributed by atoms with Crippen LogP contribution in [0.1, 0.15) is 6.92 Å². The average Bonchev–Trinajstić information content (AvgIpc) is 2.62. The number of nitrogens with one attached hydrogen (secondary N) is 2. The molecule has 14 heavy (non-hydrogen) atoms. The van der Waals surface area contributed by atoms with Crippen molar-refractivity contribution in [2.45, 2.75) is 6.92 Å². The molecule has 4 nitrogen and oxygen atoms in total. The van der Waals surface area contributed by atoms with Gasteiger partial charge in [0.25, 0.3) is 0 Å². The molecule has 2 aliphatic rings. The summed E-state index contributed by atoms with van der Waals surface area (Å²) < 4.78 is 0. The van der Waals surface area contributed by atoms with E-state index in [0.29, 0.717) is 0 Å². The number of hydrogen-bond donors (Lipinski definition) is 2. The highest BCUT2D eigenvalue weighted by atomic mass is 16.1. The maximum atomic E-state index is 10.7. The van der Waals surface area contributed by atoms with Gasteiger partial charge in [-0.15, -0.1) is 0 Å². The predicted molar refractivity (Wildman–Crippen MR) is 55.0 cm³/mol. The van der Waals surface area contributed by atoms with Gasteiger partial charge in [0.1, 0.15) is 0 Å². The summed E-state index contributed by atoms with van der Waals surface area (Å²) in [6.07, 6.45) is 0. The van der Waals surface area contributed by atoms with Crippen LogP contribution in [0.2, 0.25) is 0 Å². The minimum Gasteiger partial charge on any atom is -0.355 e. The Morgan fingerprint density at radius 1 is 1.43 bits per heavy atom. The van der Waals surface area contributed by atoms with Gasteiger partial charge in [0, 0.05) is 46.2 Å². The van der Waals surface area contributed by atoms with Gasteiger partial charge in [-0.3, -0.25) is 9.69 Å². The molecule has 2 N–H and O–H groups in total. The average molecular weight is 195 g/mol. The third kappa shape index (κ3) is 2.13. The zero-order valence-electron chi connectivity index (χ0n) is 8.60. The fourth-order valence-electron chi connectivity index (χ4n) is 2.09. The molecule has 0 radical (unpaired) electrons. The number of hydrogen-bond acceptors (Lipinski definition) is 3. The van der Waals surface area contributed by atoms with Crippen molar-refractivity contribution in [2.75, 3.05) is 39.3 Å².